The maximum absolute atomic E-state index is 6.15. The standard InChI is InChI=1S/C20H18ClN3OS/c1-3-15-16-10-14(21)8-9-17(16)22-18(15)19-23-24-20(25-19)26-11-13-6-4-12(2)5-7-13/h4-10,22H,3,11H2,1-2H3. The van der Waals surface area contributed by atoms with Crippen molar-refractivity contribution >= 4 is 34.3 Å². The summed E-state index contributed by atoms with van der Waals surface area (Å²) in [6.45, 7) is 4.19. The van der Waals surface area contributed by atoms with Gasteiger partial charge in [0.05, 0.1) is 0 Å². The molecule has 1 N–H and O–H groups in total. The second kappa shape index (κ2) is 7.17. The zero-order chi connectivity index (χ0) is 18.1. The lowest BCUT2D eigenvalue weighted by Gasteiger charge is -1.99. The molecule has 4 aromatic rings. The third-order valence-electron chi connectivity index (χ3n) is 4.32. The van der Waals surface area contributed by atoms with Crippen molar-refractivity contribution in [1.82, 2.24) is 15.2 Å². The number of halogens is 1. The maximum Gasteiger partial charge on any atom is 0.277 e. The highest BCUT2D eigenvalue weighted by molar-refractivity contribution is 7.98. The maximum atomic E-state index is 6.15. The quantitative estimate of drug-likeness (QED) is 0.427. The molecule has 0 bridgehead atoms. The predicted molar refractivity (Wildman–Crippen MR) is 107 cm³/mol. The fraction of sp³-hybridized carbons (Fsp3) is 0.200. The molecular weight excluding hydrogens is 366 g/mol. The number of aromatic nitrogens is 3. The van der Waals surface area contributed by atoms with E-state index in [9.17, 15) is 0 Å². The number of thioether (sulfide) groups is 1. The van der Waals surface area contributed by atoms with E-state index in [1.54, 1.807) is 11.8 Å². The number of aromatic amines is 1. The van der Waals surface area contributed by atoms with Crippen molar-refractivity contribution in [2.45, 2.75) is 31.2 Å². The van der Waals surface area contributed by atoms with Crippen LogP contribution in [0.3, 0.4) is 0 Å². The Balaban J connectivity index is 1.59. The fourth-order valence-corrected chi connectivity index (χ4v) is 3.86. The smallest absolute Gasteiger partial charge is 0.277 e. The molecule has 0 amide bonds. The van der Waals surface area contributed by atoms with Crippen molar-refractivity contribution in [3.8, 4) is 11.6 Å². The molecule has 0 aliphatic carbocycles. The van der Waals surface area contributed by atoms with Crippen LogP contribution >= 0.6 is 23.4 Å². The molecule has 0 fully saturated rings. The molecule has 0 saturated carbocycles. The summed E-state index contributed by atoms with van der Waals surface area (Å²) in [5, 5.41) is 10.8. The summed E-state index contributed by atoms with van der Waals surface area (Å²) in [6.07, 6.45) is 0.851. The van der Waals surface area contributed by atoms with Crippen LogP contribution in [-0.4, -0.2) is 15.2 Å². The summed E-state index contributed by atoms with van der Waals surface area (Å²) >= 11 is 7.69. The number of nitrogens with zero attached hydrogens (tertiary/aromatic N) is 2. The largest absolute Gasteiger partial charge is 0.410 e. The van der Waals surface area contributed by atoms with Gasteiger partial charge in [0.15, 0.2) is 0 Å². The van der Waals surface area contributed by atoms with Crippen molar-refractivity contribution in [1.29, 1.82) is 0 Å². The van der Waals surface area contributed by atoms with Crippen LogP contribution in [0.15, 0.2) is 52.1 Å². The molecule has 6 heteroatoms. The Morgan fingerprint density at radius 1 is 1.12 bits per heavy atom. The van der Waals surface area contributed by atoms with Crippen LogP contribution in [-0.2, 0) is 12.2 Å². The summed E-state index contributed by atoms with van der Waals surface area (Å²) in [5.41, 5.74) is 5.52. The molecule has 4 nitrogen and oxygen atoms in total. The van der Waals surface area contributed by atoms with Crippen LogP contribution in [0.2, 0.25) is 5.02 Å². The van der Waals surface area contributed by atoms with Crippen molar-refractivity contribution in [3.05, 3.63) is 64.2 Å². The van der Waals surface area contributed by atoms with Crippen molar-refractivity contribution in [2.24, 2.45) is 0 Å². The van der Waals surface area contributed by atoms with Crippen LogP contribution in [0.1, 0.15) is 23.6 Å². The van der Waals surface area contributed by atoms with E-state index >= 15 is 0 Å². The lowest BCUT2D eigenvalue weighted by Crippen LogP contribution is -1.84. The number of hydrogen-bond donors (Lipinski definition) is 1. The third kappa shape index (κ3) is 3.37. The Hall–Kier alpha value is -2.24. The molecule has 0 aliphatic rings. The first-order valence-corrected chi connectivity index (χ1v) is 9.82. The minimum atomic E-state index is 0.514. The number of H-pyrrole nitrogens is 1. The molecule has 2 heterocycles. The van der Waals surface area contributed by atoms with Gasteiger partial charge in [-0.15, -0.1) is 10.2 Å². The van der Waals surface area contributed by atoms with E-state index < -0.39 is 0 Å². The number of hydrogen-bond acceptors (Lipinski definition) is 4. The second-order valence-electron chi connectivity index (χ2n) is 6.17. The highest BCUT2D eigenvalue weighted by atomic mass is 35.5. The average Bonchev–Trinajstić information content (AvgIpc) is 3.25. The first-order chi connectivity index (χ1) is 12.6. The molecular formula is C20H18ClN3OS. The van der Waals surface area contributed by atoms with Gasteiger partial charge in [-0.3, -0.25) is 0 Å². The number of aryl methyl sites for hydroxylation is 2. The Morgan fingerprint density at radius 2 is 1.92 bits per heavy atom. The summed E-state index contributed by atoms with van der Waals surface area (Å²) in [4.78, 5) is 3.39. The molecule has 0 aliphatic heterocycles. The van der Waals surface area contributed by atoms with Crippen molar-refractivity contribution in [3.63, 3.8) is 0 Å². The molecule has 0 radical (unpaired) electrons. The van der Waals surface area contributed by atoms with Crippen LogP contribution in [0.5, 0.6) is 0 Å². The van der Waals surface area contributed by atoms with Gasteiger partial charge in [0.25, 0.3) is 11.1 Å². The first kappa shape index (κ1) is 17.2. The van der Waals surface area contributed by atoms with Crippen LogP contribution in [0, 0.1) is 6.92 Å². The van der Waals surface area contributed by atoms with Gasteiger partial charge in [-0.25, -0.2) is 0 Å². The fourth-order valence-electron chi connectivity index (χ4n) is 2.97. The average molecular weight is 384 g/mol. The number of nitrogens with one attached hydrogen (secondary N) is 1. The van der Waals surface area contributed by atoms with Gasteiger partial charge in [-0.1, -0.05) is 60.1 Å². The van der Waals surface area contributed by atoms with E-state index in [0.717, 1.165) is 39.4 Å². The SMILES string of the molecule is CCc1c(-c2nnc(SCc3ccc(C)cc3)o2)[nH]c2ccc(Cl)cc12. The first-order valence-electron chi connectivity index (χ1n) is 8.46. The molecule has 0 atom stereocenters. The van der Waals surface area contributed by atoms with Crippen molar-refractivity contribution in [2.75, 3.05) is 0 Å². The second-order valence-corrected chi connectivity index (χ2v) is 7.53. The van der Waals surface area contributed by atoms with E-state index in [1.165, 1.54) is 11.1 Å². The zero-order valence-corrected chi connectivity index (χ0v) is 16.1. The van der Waals surface area contributed by atoms with Gasteiger partial charge in [0.1, 0.15) is 5.69 Å². The van der Waals surface area contributed by atoms with Gasteiger partial charge in [-0.05, 0) is 42.7 Å². The lowest BCUT2D eigenvalue weighted by atomic mass is 10.1. The molecule has 0 spiro atoms. The Kier molecular flexibility index (Phi) is 4.74. The van der Waals surface area contributed by atoms with E-state index in [0.29, 0.717) is 11.1 Å². The highest BCUT2D eigenvalue weighted by Gasteiger charge is 2.17. The van der Waals surface area contributed by atoms with E-state index in [-0.39, 0.29) is 0 Å². The van der Waals surface area contributed by atoms with Gasteiger partial charge in [0, 0.05) is 21.7 Å². The summed E-state index contributed by atoms with van der Waals surface area (Å²) in [6, 6.07) is 14.3. The Labute approximate surface area is 161 Å². The molecule has 2 aromatic heterocycles. The minimum Gasteiger partial charge on any atom is -0.410 e. The normalized spacial score (nSPS) is 11.3. The number of fused-ring (bicyclic) bond motifs is 1. The monoisotopic (exact) mass is 383 g/mol. The van der Waals surface area contributed by atoms with Gasteiger partial charge < -0.3 is 9.40 Å². The van der Waals surface area contributed by atoms with Gasteiger partial charge in [-0.2, -0.15) is 0 Å². The highest BCUT2D eigenvalue weighted by Crippen LogP contribution is 2.33. The topological polar surface area (TPSA) is 54.7 Å². The minimum absolute atomic E-state index is 0.514. The van der Waals surface area contributed by atoms with Crippen LogP contribution < -0.4 is 0 Å². The van der Waals surface area contributed by atoms with E-state index in [1.807, 2.05) is 18.2 Å². The molecule has 26 heavy (non-hydrogen) atoms. The van der Waals surface area contributed by atoms with Crippen LogP contribution in [0.25, 0.3) is 22.5 Å². The van der Waals surface area contributed by atoms with Gasteiger partial charge in [0.2, 0.25) is 0 Å². The molecule has 0 unspecified atom stereocenters. The third-order valence-corrected chi connectivity index (χ3v) is 5.45. The number of benzene rings is 2. The predicted octanol–water partition coefficient (Wildman–Crippen LogP) is 6.03. The summed E-state index contributed by atoms with van der Waals surface area (Å²) in [5.74, 6) is 1.31. The summed E-state index contributed by atoms with van der Waals surface area (Å²) < 4.78 is 5.89. The molecule has 132 valence electrons. The van der Waals surface area contributed by atoms with E-state index in [4.69, 9.17) is 16.0 Å². The molecule has 2 aromatic carbocycles. The van der Waals surface area contributed by atoms with E-state index in [2.05, 4.69) is 53.3 Å². The Morgan fingerprint density at radius 3 is 2.69 bits per heavy atom. The zero-order valence-electron chi connectivity index (χ0n) is 14.5. The van der Waals surface area contributed by atoms with Crippen molar-refractivity contribution < 1.29 is 4.42 Å². The van der Waals surface area contributed by atoms with Gasteiger partial charge >= 0.3 is 0 Å². The molecule has 0 saturated heterocycles. The Bertz CT molecular complexity index is 1050. The molecule has 4 rings (SSSR count). The number of rotatable bonds is 5. The van der Waals surface area contributed by atoms with Crippen LogP contribution in [0.4, 0.5) is 0 Å². The lowest BCUT2D eigenvalue weighted by molar-refractivity contribution is 0.464. The summed E-state index contributed by atoms with van der Waals surface area (Å²) in [7, 11) is 0.